The van der Waals surface area contributed by atoms with Gasteiger partial charge in [0.05, 0.1) is 10.2 Å². The third kappa shape index (κ3) is 3.60. The van der Waals surface area contributed by atoms with Gasteiger partial charge in [-0.15, -0.1) is 0 Å². The molecule has 0 unspecified atom stereocenters. The number of hydrogen-bond acceptors (Lipinski definition) is 5. The van der Waals surface area contributed by atoms with Crippen molar-refractivity contribution < 1.29 is 14.3 Å². The maximum Gasteiger partial charge on any atom is 0.250 e. The Morgan fingerprint density at radius 3 is 2.88 bits per heavy atom. The van der Waals surface area contributed by atoms with E-state index in [1.165, 1.54) is 17.4 Å². The number of carbonyl (C=O) groups is 1. The molecule has 1 aliphatic heterocycles. The monoisotopic (exact) mass is 372 g/mol. The van der Waals surface area contributed by atoms with Crippen molar-refractivity contribution in [3.8, 4) is 11.5 Å². The summed E-state index contributed by atoms with van der Waals surface area (Å²) >= 11 is 7.35. The number of halogens is 1. The fraction of sp³-hybridized carbons (Fsp3) is 0.111. The van der Waals surface area contributed by atoms with Gasteiger partial charge in [0.1, 0.15) is 13.2 Å². The first-order chi connectivity index (χ1) is 12.2. The molecule has 7 heteroatoms. The number of fused-ring (bicyclic) bond motifs is 2. The molecule has 5 nitrogen and oxygen atoms in total. The zero-order chi connectivity index (χ0) is 17.2. The summed E-state index contributed by atoms with van der Waals surface area (Å²) < 4.78 is 11.9. The number of rotatable bonds is 3. The van der Waals surface area contributed by atoms with E-state index in [2.05, 4.69) is 10.3 Å². The largest absolute Gasteiger partial charge is 0.486 e. The minimum absolute atomic E-state index is 0.250. The Hall–Kier alpha value is -2.57. The third-order valence-corrected chi connectivity index (χ3v) is 4.74. The van der Waals surface area contributed by atoms with Crippen LogP contribution in [0.3, 0.4) is 0 Å². The quantitative estimate of drug-likeness (QED) is 0.693. The van der Waals surface area contributed by atoms with Crippen molar-refractivity contribution in [1.82, 2.24) is 4.98 Å². The van der Waals surface area contributed by atoms with Gasteiger partial charge in [-0.25, -0.2) is 4.98 Å². The second-order valence-electron chi connectivity index (χ2n) is 5.36. The van der Waals surface area contributed by atoms with Crippen molar-refractivity contribution in [3.63, 3.8) is 0 Å². The summed E-state index contributed by atoms with van der Waals surface area (Å²) in [5.74, 6) is 1.16. The first-order valence-corrected chi connectivity index (χ1v) is 8.82. The number of nitrogens with one attached hydrogen (secondary N) is 1. The van der Waals surface area contributed by atoms with Crippen molar-refractivity contribution in [3.05, 3.63) is 53.1 Å². The van der Waals surface area contributed by atoms with Crippen LogP contribution in [0.4, 0.5) is 5.13 Å². The molecule has 0 aliphatic carbocycles. The molecule has 0 fully saturated rings. The number of amides is 1. The van der Waals surface area contributed by atoms with E-state index >= 15 is 0 Å². The van der Waals surface area contributed by atoms with Gasteiger partial charge in [0, 0.05) is 11.1 Å². The first-order valence-electron chi connectivity index (χ1n) is 7.62. The molecule has 2 aromatic carbocycles. The maximum atomic E-state index is 12.1. The van der Waals surface area contributed by atoms with E-state index in [9.17, 15) is 4.79 Å². The van der Waals surface area contributed by atoms with Crippen LogP contribution in [0.2, 0.25) is 5.02 Å². The molecular weight excluding hydrogens is 360 g/mol. The van der Waals surface area contributed by atoms with E-state index < -0.39 is 0 Å². The zero-order valence-electron chi connectivity index (χ0n) is 13.0. The number of carbonyl (C=O) groups excluding carboxylic acids is 1. The smallest absolute Gasteiger partial charge is 0.250 e. The van der Waals surface area contributed by atoms with E-state index in [0.29, 0.717) is 29.1 Å². The van der Waals surface area contributed by atoms with Crippen LogP contribution in [0.1, 0.15) is 5.56 Å². The van der Waals surface area contributed by atoms with Crippen LogP contribution in [0.5, 0.6) is 11.5 Å². The molecule has 25 heavy (non-hydrogen) atoms. The van der Waals surface area contributed by atoms with E-state index in [1.54, 1.807) is 12.1 Å². The van der Waals surface area contributed by atoms with Gasteiger partial charge in [-0.3, -0.25) is 10.1 Å². The lowest BCUT2D eigenvalue weighted by atomic mass is 10.2. The van der Waals surface area contributed by atoms with Crippen molar-refractivity contribution in [1.29, 1.82) is 0 Å². The number of anilines is 1. The highest BCUT2D eigenvalue weighted by atomic mass is 35.5. The summed E-state index contributed by atoms with van der Waals surface area (Å²) in [6.45, 7) is 1.08. The lowest BCUT2D eigenvalue weighted by Gasteiger charge is -2.18. The molecule has 0 radical (unpaired) electrons. The zero-order valence-corrected chi connectivity index (χ0v) is 14.6. The lowest BCUT2D eigenvalue weighted by Crippen LogP contribution is -2.15. The highest BCUT2D eigenvalue weighted by molar-refractivity contribution is 7.22. The molecule has 3 aromatic rings. The van der Waals surface area contributed by atoms with Gasteiger partial charge in [-0.05, 0) is 42.0 Å². The average Bonchev–Trinajstić information content (AvgIpc) is 3.01. The van der Waals surface area contributed by atoms with Crippen LogP contribution in [-0.2, 0) is 4.79 Å². The van der Waals surface area contributed by atoms with Gasteiger partial charge >= 0.3 is 0 Å². The second-order valence-corrected chi connectivity index (χ2v) is 6.82. The number of thiazole rings is 1. The molecule has 0 saturated carbocycles. The minimum atomic E-state index is -0.250. The van der Waals surface area contributed by atoms with Gasteiger partial charge in [-0.2, -0.15) is 0 Å². The van der Waals surface area contributed by atoms with Gasteiger partial charge < -0.3 is 9.47 Å². The minimum Gasteiger partial charge on any atom is -0.486 e. The van der Waals surface area contributed by atoms with E-state index in [4.69, 9.17) is 21.1 Å². The number of nitrogens with zero attached hydrogens (tertiary/aromatic N) is 1. The molecule has 0 bridgehead atoms. The highest BCUT2D eigenvalue weighted by Gasteiger charge is 2.11. The molecular formula is C18H13ClN2O3S. The number of benzene rings is 2. The summed E-state index contributed by atoms with van der Waals surface area (Å²) in [7, 11) is 0. The molecule has 0 spiro atoms. The Kier molecular flexibility index (Phi) is 4.29. The average molecular weight is 373 g/mol. The summed E-state index contributed by atoms with van der Waals surface area (Å²) in [6, 6.07) is 11.0. The molecule has 1 aromatic heterocycles. The normalized spacial score (nSPS) is 13.3. The Labute approximate surface area is 152 Å². The van der Waals surface area contributed by atoms with Crippen LogP contribution in [0, 0.1) is 0 Å². The Morgan fingerprint density at radius 2 is 2.00 bits per heavy atom. The highest BCUT2D eigenvalue weighted by Crippen LogP contribution is 2.31. The van der Waals surface area contributed by atoms with Crippen molar-refractivity contribution in [2.24, 2.45) is 0 Å². The third-order valence-electron chi connectivity index (χ3n) is 3.57. The molecule has 1 aliphatic rings. The predicted octanol–water partition coefficient (Wildman–Crippen LogP) is 4.37. The Balaban J connectivity index is 1.46. The van der Waals surface area contributed by atoms with Crippen molar-refractivity contribution >= 4 is 50.3 Å². The molecule has 126 valence electrons. The van der Waals surface area contributed by atoms with Crippen molar-refractivity contribution in [2.75, 3.05) is 18.5 Å². The number of hydrogen-bond donors (Lipinski definition) is 1. The standard InChI is InChI=1S/C18H13ClN2O3S/c19-12-3-4-13-16(10-12)25-18(20-13)21-17(22)6-2-11-1-5-14-15(9-11)24-8-7-23-14/h1-6,9-10H,7-8H2,(H,20,21,22)/b6-2-. The fourth-order valence-corrected chi connectivity index (χ4v) is 3.58. The molecule has 0 atom stereocenters. The van der Waals surface area contributed by atoms with E-state index in [-0.39, 0.29) is 5.91 Å². The summed E-state index contributed by atoms with van der Waals surface area (Å²) in [5, 5.41) is 3.95. The predicted molar refractivity (Wildman–Crippen MR) is 99.7 cm³/mol. The van der Waals surface area contributed by atoms with Gasteiger partial charge in [0.2, 0.25) is 5.91 Å². The van der Waals surface area contributed by atoms with Crippen LogP contribution in [0.25, 0.3) is 16.3 Å². The summed E-state index contributed by atoms with van der Waals surface area (Å²) in [6.07, 6.45) is 3.18. The van der Waals surface area contributed by atoms with Gasteiger partial charge in [0.25, 0.3) is 0 Å². The molecule has 0 saturated heterocycles. The van der Waals surface area contributed by atoms with Crippen molar-refractivity contribution in [2.45, 2.75) is 0 Å². The molecule has 4 rings (SSSR count). The SMILES string of the molecule is O=C(/C=C\c1ccc2c(c1)OCCO2)Nc1nc2ccc(Cl)cc2s1. The summed E-state index contributed by atoms with van der Waals surface area (Å²) in [5.41, 5.74) is 1.66. The first kappa shape index (κ1) is 15.9. The number of aromatic nitrogens is 1. The Morgan fingerprint density at radius 1 is 1.16 bits per heavy atom. The van der Waals surface area contributed by atoms with Crippen LogP contribution in [-0.4, -0.2) is 24.1 Å². The second kappa shape index (κ2) is 6.74. The molecule has 1 N–H and O–H groups in total. The van der Waals surface area contributed by atoms with Crippen LogP contribution < -0.4 is 14.8 Å². The van der Waals surface area contributed by atoms with Gasteiger partial charge in [0.15, 0.2) is 16.6 Å². The molecule has 2 heterocycles. The van der Waals surface area contributed by atoms with E-state index in [0.717, 1.165) is 21.5 Å². The Bertz CT molecular complexity index is 984. The lowest BCUT2D eigenvalue weighted by molar-refractivity contribution is -0.111. The topological polar surface area (TPSA) is 60.5 Å². The van der Waals surface area contributed by atoms with Crippen LogP contribution >= 0.6 is 22.9 Å². The van der Waals surface area contributed by atoms with Gasteiger partial charge in [-0.1, -0.05) is 29.0 Å². The van der Waals surface area contributed by atoms with Crippen LogP contribution in [0.15, 0.2) is 42.5 Å². The molecule has 1 amide bonds. The fourth-order valence-electron chi connectivity index (χ4n) is 2.43. The maximum absolute atomic E-state index is 12.1. The summed E-state index contributed by atoms with van der Waals surface area (Å²) in [4.78, 5) is 16.5. The van der Waals surface area contributed by atoms with E-state index in [1.807, 2.05) is 30.3 Å². The number of ether oxygens (including phenoxy) is 2.